The molecule has 3 aromatic rings. The van der Waals surface area contributed by atoms with E-state index in [9.17, 15) is 14.7 Å². The lowest BCUT2D eigenvalue weighted by atomic mass is 9.95. The maximum Gasteiger partial charge on any atom is 0.290 e. The number of amides is 1. The molecule has 0 fully saturated rings. The maximum atomic E-state index is 13.3. The zero-order valence-electron chi connectivity index (χ0n) is 15.6. The van der Waals surface area contributed by atoms with E-state index in [0.717, 1.165) is 9.86 Å². The van der Waals surface area contributed by atoms with Gasteiger partial charge in [0.25, 0.3) is 5.91 Å². The Kier molecular flexibility index (Phi) is 5.25. The molecule has 1 aromatic heterocycles. The molecule has 1 aliphatic rings. The maximum absolute atomic E-state index is 13.3. The van der Waals surface area contributed by atoms with Gasteiger partial charge in [-0.15, -0.1) is 0 Å². The Hall–Kier alpha value is -2.90. The van der Waals surface area contributed by atoms with E-state index in [4.69, 9.17) is 9.15 Å². The van der Waals surface area contributed by atoms with E-state index in [1.165, 1.54) is 12.0 Å². The number of hydrogen-bond acceptors (Lipinski definition) is 5. The standard InChI is InChI=1S/C22H18BrNO5/c1-28-10-9-24-19(14-6-4-7-15(23)11-14)18(21(26)22(24)27)20(25)17-12-13-5-2-3-8-16(13)29-17/h2-8,11-12,19,26H,9-10H2,1H3. The summed E-state index contributed by atoms with van der Waals surface area (Å²) in [7, 11) is 1.53. The van der Waals surface area contributed by atoms with Crippen molar-refractivity contribution in [2.75, 3.05) is 20.3 Å². The first-order valence-electron chi connectivity index (χ1n) is 9.03. The number of aliphatic hydroxyl groups excluding tert-OH is 1. The Morgan fingerprint density at radius 3 is 2.72 bits per heavy atom. The zero-order chi connectivity index (χ0) is 20.5. The Morgan fingerprint density at radius 1 is 1.21 bits per heavy atom. The molecule has 1 N–H and O–H groups in total. The summed E-state index contributed by atoms with van der Waals surface area (Å²) in [5.74, 6) is -1.60. The third kappa shape index (κ3) is 3.47. The summed E-state index contributed by atoms with van der Waals surface area (Å²) >= 11 is 3.43. The fourth-order valence-electron chi connectivity index (χ4n) is 3.56. The van der Waals surface area contributed by atoms with Crippen LogP contribution in [-0.4, -0.2) is 42.0 Å². The SMILES string of the molecule is COCCN1C(=O)C(O)=C(C(=O)c2cc3ccccc3o2)C1c1cccc(Br)c1. The summed E-state index contributed by atoms with van der Waals surface area (Å²) in [5, 5.41) is 11.4. The number of furan rings is 1. The summed E-state index contributed by atoms with van der Waals surface area (Å²) in [4.78, 5) is 27.5. The van der Waals surface area contributed by atoms with Crippen LogP contribution in [0.15, 0.2) is 74.8 Å². The van der Waals surface area contributed by atoms with Crippen LogP contribution in [0.4, 0.5) is 0 Å². The summed E-state index contributed by atoms with van der Waals surface area (Å²) in [5.41, 5.74) is 1.27. The van der Waals surface area contributed by atoms with Gasteiger partial charge in [-0.1, -0.05) is 46.3 Å². The number of para-hydroxylation sites is 1. The molecule has 2 aromatic carbocycles. The second kappa shape index (κ2) is 7.85. The summed E-state index contributed by atoms with van der Waals surface area (Å²) < 4.78 is 11.6. The van der Waals surface area contributed by atoms with E-state index in [2.05, 4.69) is 15.9 Å². The summed E-state index contributed by atoms with van der Waals surface area (Å²) in [6.07, 6.45) is 0. The highest BCUT2D eigenvalue weighted by atomic mass is 79.9. The molecule has 6 nitrogen and oxygen atoms in total. The number of aliphatic hydroxyl groups is 1. The first-order chi connectivity index (χ1) is 14.0. The van der Waals surface area contributed by atoms with Crippen LogP contribution < -0.4 is 0 Å². The summed E-state index contributed by atoms with van der Waals surface area (Å²) in [6, 6.07) is 15.4. The molecule has 2 heterocycles. The van der Waals surface area contributed by atoms with E-state index in [0.29, 0.717) is 11.1 Å². The molecule has 29 heavy (non-hydrogen) atoms. The minimum Gasteiger partial charge on any atom is -0.503 e. The smallest absolute Gasteiger partial charge is 0.290 e. The number of carbonyl (C=O) groups excluding carboxylic acids is 2. The number of ketones is 1. The number of carbonyl (C=O) groups is 2. The number of halogens is 1. The van der Waals surface area contributed by atoms with Crippen molar-refractivity contribution in [1.82, 2.24) is 4.90 Å². The van der Waals surface area contributed by atoms with Crippen LogP contribution in [0.3, 0.4) is 0 Å². The fraction of sp³-hybridized carbons (Fsp3) is 0.182. The normalized spacial score (nSPS) is 16.8. The molecule has 7 heteroatoms. The highest BCUT2D eigenvalue weighted by Crippen LogP contribution is 2.40. The molecule has 4 rings (SSSR count). The van der Waals surface area contributed by atoms with Crippen molar-refractivity contribution < 1.29 is 23.8 Å². The van der Waals surface area contributed by atoms with Crippen molar-refractivity contribution in [1.29, 1.82) is 0 Å². The van der Waals surface area contributed by atoms with E-state index in [1.807, 2.05) is 42.5 Å². The third-order valence-corrected chi connectivity index (χ3v) is 5.39. The molecule has 1 aliphatic heterocycles. The van der Waals surface area contributed by atoms with Crippen molar-refractivity contribution >= 4 is 38.6 Å². The summed E-state index contributed by atoms with van der Waals surface area (Å²) in [6.45, 7) is 0.503. The Balaban J connectivity index is 1.81. The number of Topliss-reactive ketones (excluding diaryl/α,β-unsaturated/α-hetero) is 1. The molecule has 0 bridgehead atoms. The van der Waals surface area contributed by atoms with Crippen LogP contribution in [0.1, 0.15) is 22.2 Å². The topological polar surface area (TPSA) is 80.0 Å². The predicted molar refractivity (Wildman–Crippen MR) is 111 cm³/mol. The van der Waals surface area contributed by atoms with Crippen LogP contribution in [0, 0.1) is 0 Å². The molecule has 0 aliphatic carbocycles. The molecule has 0 radical (unpaired) electrons. The van der Waals surface area contributed by atoms with E-state index >= 15 is 0 Å². The van der Waals surface area contributed by atoms with Gasteiger partial charge in [0.2, 0.25) is 5.78 Å². The molecule has 0 spiro atoms. The third-order valence-electron chi connectivity index (χ3n) is 4.90. The minimum absolute atomic E-state index is 0.00302. The van der Waals surface area contributed by atoms with E-state index < -0.39 is 23.5 Å². The molecular formula is C22H18BrNO5. The van der Waals surface area contributed by atoms with Crippen LogP contribution in [0.2, 0.25) is 0 Å². The van der Waals surface area contributed by atoms with Crippen molar-refractivity contribution in [3.63, 3.8) is 0 Å². The van der Waals surface area contributed by atoms with Crippen LogP contribution in [-0.2, 0) is 9.53 Å². The average molecular weight is 456 g/mol. The number of rotatable bonds is 6. The molecule has 1 unspecified atom stereocenters. The van der Waals surface area contributed by atoms with Crippen molar-refractivity contribution in [2.45, 2.75) is 6.04 Å². The van der Waals surface area contributed by atoms with Gasteiger partial charge in [-0.2, -0.15) is 0 Å². The zero-order valence-corrected chi connectivity index (χ0v) is 17.2. The molecular weight excluding hydrogens is 438 g/mol. The van der Waals surface area contributed by atoms with Gasteiger partial charge in [-0.3, -0.25) is 9.59 Å². The van der Waals surface area contributed by atoms with Crippen LogP contribution in [0.25, 0.3) is 11.0 Å². The number of hydrogen-bond donors (Lipinski definition) is 1. The lowest BCUT2D eigenvalue weighted by molar-refractivity contribution is -0.130. The lowest BCUT2D eigenvalue weighted by Gasteiger charge is -2.26. The minimum atomic E-state index is -0.740. The monoisotopic (exact) mass is 455 g/mol. The van der Waals surface area contributed by atoms with Crippen molar-refractivity contribution in [3.8, 4) is 0 Å². The molecule has 0 saturated heterocycles. The second-order valence-electron chi connectivity index (χ2n) is 6.69. The fourth-order valence-corrected chi connectivity index (χ4v) is 3.97. The van der Waals surface area contributed by atoms with Gasteiger partial charge in [0.05, 0.1) is 18.2 Å². The number of benzene rings is 2. The number of ether oxygens (including phenoxy) is 1. The molecule has 1 amide bonds. The van der Waals surface area contributed by atoms with Gasteiger partial charge < -0.3 is 19.2 Å². The number of nitrogens with zero attached hydrogens (tertiary/aromatic N) is 1. The van der Waals surface area contributed by atoms with Crippen LogP contribution >= 0.6 is 15.9 Å². The molecule has 0 saturated carbocycles. The highest BCUT2D eigenvalue weighted by Gasteiger charge is 2.44. The second-order valence-corrected chi connectivity index (χ2v) is 7.60. The Bertz CT molecular complexity index is 1100. The number of fused-ring (bicyclic) bond motifs is 1. The first-order valence-corrected chi connectivity index (χ1v) is 9.82. The van der Waals surface area contributed by atoms with E-state index in [1.54, 1.807) is 12.1 Å². The molecule has 148 valence electrons. The number of methoxy groups -OCH3 is 1. The van der Waals surface area contributed by atoms with Gasteiger partial charge >= 0.3 is 0 Å². The quantitative estimate of drug-likeness (QED) is 0.556. The first kappa shape index (κ1) is 19.4. The average Bonchev–Trinajstić information content (AvgIpc) is 3.26. The van der Waals surface area contributed by atoms with E-state index in [-0.39, 0.29) is 24.5 Å². The predicted octanol–water partition coefficient (Wildman–Crippen LogP) is 4.42. The Labute approximate surface area is 175 Å². The molecule has 1 atom stereocenters. The van der Waals surface area contributed by atoms with Gasteiger partial charge in [0, 0.05) is 23.5 Å². The Morgan fingerprint density at radius 2 is 2.00 bits per heavy atom. The van der Waals surface area contributed by atoms with Gasteiger partial charge in [-0.25, -0.2) is 0 Å². The van der Waals surface area contributed by atoms with Gasteiger partial charge in [0.15, 0.2) is 11.5 Å². The largest absolute Gasteiger partial charge is 0.503 e. The highest BCUT2D eigenvalue weighted by molar-refractivity contribution is 9.10. The van der Waals surface area contributed by atoms with Crippen molar-refractivity contribution in [2.24, 2.45) is 0 Å². The van der Waals surface area contributed by atoms with Crippen LogP contribution in [0.5, 0.6) is 0 Å². The van der Waals surface area contributed by atoms with Gasteiger partial charge in [-0.05, 0) is 29.8 Å². The lowest BCUT2D eigenvalue weighted by Crippen LogP contribution is -2.34. The van der Waals surface area contributed by atoms with Gasteiger partial charge in [0.1, 0.15) is 5.58 Å². The van der Waals surface area contributed by atoms with Crippen molar-refractivity contribution in [3.05, 3.63) is 81.7 Å².